The van der Waals surface area contributed by atoms with E-state index in [-0.39, 0.29) is 32.1 Å². The summed E-state index contributed by atoms with van der Waals surface area (Å²) in [6.07, 6.45) is 39.5. The Kier molecular flexibility index (Phi) is 30.4. The maximum atomic E-state index is 12.6. The molecule has 5 N–H and O–H groups in total. The van der Waals surface area contributed by atoms with Crippen molar-refractivity contribution in [3.05, 3.63) is 72.9 Å². The maximum Gasteiger partial charge on any atom is 0.472 e. The molecule has 45 heavy (non-hydrogen) atoms. The van der Waals surface area contributed by atoms with E-state index >= 15 is 0 Å². The molecule has 0 fully saturated rings. The van der Waals surface area contributed by atoms with Crippen molar-refractivity contribution in [3.63, 3.8) is 0 Å². The summed E-state index contributed by atoms with van der Waals surface area (Å²) in [5, 5.41) is 13.5. The molecule has 3 unspecified atom stereocenters. The van der Waals surface area contributed by atoms with Gasteiger partial charge in [-0.2, -0.15) is 0 Å². The monoisotopic (exact) mass is 650 g/mol. The average Bonchev–Trinajstić information content (AvgIpc) is 3.02. The molecule has 0 saturated carbocycles. The fourth-order valence-electron chi connectivity index (χ4n) is 4.19. The van der Waals surface area contributed by atoms with Crippen LogP contribution in [-0.4, -0.2) is 47.8 Å². The van der Waals surface area contributed by atoms with E-state index in [4.69, 9.17) is 14.8 Å². The number of aliphatic hydroxyl groups excluding tert-OH is 1. The summed E-state index contributed by atoms with van der Waals surface area (Å²) in [7, 11) is -4.35. The third kappa shape index (κ3) is 30.4. The lowest BCUT2D eigenvalue weighted by atomic mass is 10.1. The highest BCUT2D eigenvalue weighted by Crippen LogP contribution is 2.43. The molecule has 1 amide bonds. The number of phosphoric ester groups is 1. The van der Waals surface area contributed by atoms with E-state index in [1.165, 1.54) is 32.1 Å². The molecule has 0 spiro atoms. The van der Waals surface area contributed by atoms with Gasteiger partial charge in [0.05, 0.1) is 25.4 Å². The zero-order valence-electron chi connectivity index (χ0n) is 28.1. The quantitative estimate of drug-likeness (QED) is 0.0348. The summed E-state index contributed by atoms with van der Waals surface area (Å²) in [5.41, 5.74) is 5.33. The molecule has 0 aliphatic rings. The lowest BCUT2D eigenvalue weighted by molar-refractivity contribution is -0.123. The maximum absolute atomic E-state index is 12.6. The van der Waals surface area contributed by atoms with Gasteiger partial charge in [-0.1, -0.05) is 112 Å². The number of unbranched alkanes of at least 4 members (excludes halogenated alkanes) is 8. The normalized spacial score (nSPS) is 15.4. The molecule has 0 rings (SSSR count). The second kappa shape index (κ2) is 31.9. The number of nitrogens with one attached hydrogen (secondary N) is 1. The third-order valence-corrected chi connectivity index (χ3v) is 7.75. The highest BCUT2D eigenvalue weighted by atomic mass is 31.2. The van der Waals surface area contributed by atoms with Gasteiger partial charge in [-0.25, -0.2) is 4.57 Å². The van der Waals surface area contributed by atoms with Crippen molar-refractivity contribution in [1.82, 2.24) is 5.32 Å². The van der Waals surface area contributed by atoms with Crippen LogP contribution in [0.1, 0.15) is 117 Å². The Balaban J connectivity index is 4.53. The molecule has 8 nitrogen and oxygen atoms in total. The van der Waals surface area contributed by atoms with Gasteiger partial charge in [-0.3, -0.25) is 13.8 Å². The van der Waals surface area contributed by atoms with Crippen LogP contribution >= 0.6 is 7.82 Å². The van der Waals surface area contributed by atoms with Crippen LogP contribution in [0.15, 0.2) is 72.9 Å². The van der Waals surface area contributed by atoms with Crippen molar-refractivity contribution in [2.45, 2.75) is 129 Å². The van der Waals surface area contributed by atoms with Crippen molar-refractivity contribution < 1.29 is 28.4 Å². The lowest BCUT2D eigenvalue weighted by Gasteiger charge is -2.23. The number of hydrogen-bond acceptors (Lipinski definition) is 6. The van der Waals surface area contributed by atoms with Crippen molar-refractivity contribution in [1.29, 1.82) is 0 Å². The van der Waals surface area contributed by atoms with Crippen LogP contribution in [0.5, 0.6) is 0 Å². The van der Waals surface area contributed by atoms with Crippen LogP contribution < -0.4 is 11.1 Å². The van der Waals surface area contributed by atoms with E-state index in [1.807, 2.05) is 6.08 Å². The summed E-state index contributed by atoms with van der Waals surface area (Å²) in [4.78, 5) is 22.5. The Labute approximate surface area is 274 Å². The molecule has 0 heterocycles. The first-order valence-electron chi connectivity index (χ1n) is 17.1. The van der Waals surface area contributed by atoms with Crippen molar-refractivity contribution in [2.24, 2.45) is 5.73 Å². The summed E-state index contributed by atoms with van der Waals surface area (Å²) >= 11 is 0. The van der Waals surface area contributed by atoms with Gasteiger partial charge in [0.15, 0.2) is 0 Å². The minimum absolute atomic E-state index is 0.0631. The molecule has 0 bridgehead atoms. The highest BCUT2D eigenvalue weighted by molar-refractivity contribution is 7.47. The van der Waals surface area contributed by atoms with Crippen molar-refractivity contribution in [2.75, 3.05) is 19.8 Å². The number of rotatable bonds is 30. The van der Waals surface area contributed by atoms with Gasteiger partial charge >= 0.3 is 7.82 Å². The first kappa shape index (κ1) is 42.9. The number of aliphatic hydroxyl groups is 1. The first-order chi connectivity index (χ1) is 21.9. The molecule has 0 aromatic heterocycles. The topological polar surface area (TPSA) is 131 Å². The first-order valence-corrected chi connectivity index (χ1v) is 18.6. The van der Waals surface area contributed by atoms with E-state index in [0.29, 0.717) is 6.42 Å². The summed E-state index contributed by atoms with van der Waals surface area (Å²) < 4.78 is 21.9. The molecule has 0 radical (unpaired) electrons. The number of phosphoric acid groups is 1. The number of carbonyl (C=O) groups is 1. The predicted octanol–water partition coefficient (Wildman–Crippen LogP) is 8.54. The van der Waals surface area contributed by atoms with Crippen molar-refractivity contribution >= 4 is 13.7 Å². The summed E-state index contributed by atoms with van der Waals surface area (Å²) in [5.74, 6) is -0.251. The number of amides is 1. The van der Waals surface area contributed by atoms with Gasteiger partial charge in [0.25, 0.3) is 0 Å². The third-order valence-electron chi connectivity index (χ3n) is 6.77. The molecule has 0 aliphatic heterocycles. The standard InChI is InChI=1S/C36H63N2O6P/c1-3-5-7-9-11-13-15-16-17-18-20-22-24-26-28-30-36(40)38-34(33-44-45(41,42)43-32-31-37)35(39)29-27-25-23-21-19-14-12-10-8-6-4-2/h5,7,11,13,16-17,19-22,27,29,34-35,39H,3-4,6,8-10,12,14-15,18,23-26,28,30-33,37H2,1-2H3,(H,38,40)(H,41,42)/b7-5-,13-11-,17-16-,21-19+,22-20-,29-27+. The fraction of sp³-hybridized carbons (Fsp3) is 0.639. The van der Waals surface area contributed by atoms with Crippen LogP contribution in [0.25, 0.3) is 0 Å². The van der Waals surface area contributed by atoms with Gasteiger partial charge in [-0.15, -0.1) is 0 Å². The zero-order valence-corrected chi connectivity index (χ0v) is 29.0. The van der Waals surface area contributed by atoms with Crippen LogP contribution in [0.2, 0.25) is 0 Å². The Morgan fingerprint density at radius 3 is 1.96 bits per heavy atom. The predicted molar refractivity (Wildman–Crippen MR) is 189 cm³/mol. The Bertz CT molecular complexity index is 929. The molecule has 9 heteroatoms. The lowest BCUT2D eigenvalue weighted by Crippen LogP contribution is -2.45. The average molecular weight is 651 g/mol. The Morgan fingerprint density at radius 1 is 0.756 bits per heavy atom. The van der Waals surface area contributed by atoms with Crippen molar-refractivity contribution in [3.8, 4) is 0 Å². The summed E-state index contributed by atoms with van der Waals surface area (Å²) in [6.45, 7) is 3.89. The number of allylic oxidation sites excluding steroid dienone is 11. The van der Waals surface area contributed by atoms with E-state index < -0.39 is 20.0 Å². The molecule has 0 aromatic carbocycles. The van der Waals surface area contributed by atoms with Crippen LogP contribution in [0, 0.1) is 0 Å². The Hall–Kier alpha value is -2.06. The second-order valence-corrected chi connectivity index (χ2v) is 12.4. The molecular weight excluding hydrogens is 587 g/mol. The van der Waals surface area contributed by atoms with E-state index in [9.17, 15) is 19.4 Å². The van der Waals surface area contributed by atoms with Gasteiger partial charge < -0.3 is 21.1 Å². The van der Waals surface area contributed by atoms with Gasteiger partial charge in [-0.05, 0) is 70.6 Å². The number of hydrogen-bond donors (Lipinski definition) is 4. The summed E-state index contributed by atoms with van der Waals surface area (Å²) in [6, 6.07) is -0.899. The minimum atomic E-state index is -4.35. The molecule has 258 valence electrons. The molecule has 0 aromatic rings. The molecule has 3 atom stereocenters. The largest absolute Gasteiger partial charge is 0.472 e. The van der Waals surface area contributed by atoms with Gasteiger partial charge in [0.2, 0.25) is 5.91 Å². The SMILES string of the molecule is CC/C=C\C/C=C\C/C=C\C/C=C\CCCCC(=O)NC(COP(=O)(O)OCCN)C(O)/C=C/CC/C=C/CCCCCCC. The fourth-order valence-corrected chi connectivity index (χ4v) is 4.95. The van der Waals surface area contributed by atoms with Crippen LogP contribution in [0.4, 0.5) is 0 Å². The molecule has 0 saturated heterocycles. The smallest absolute Gasteiger partial charge is 0.387 e. The van der Waals surface area contributed by atoms with E-state index in [0.717, 1.165) is 57.8 Å². The molecular formula is C36H63N2O6P. The highest BCUT2D eigenvalue weighted by Gasteiger charge is 2.26. The number of nitrogens with two attached hydrogens (primary N) is 1. The van der Waals surface area contributed by atoms with Crippen LogP contribution in [-0.2, 0) is 18.4 Å². The zero-order chi connectivity index (χ0) is 33.3. The van der Waals surface area contributed by atoms with Gasteiger partial charge in [0.1, 0.15) is 0 Å². The van der Waals surface area contributed by atoms with E-state index in [2.05, 4.69) is 79.9 Å². The van der Waals surface area contributed by atoms with Crippen LogP contribution in [0.3, 0.4) is 0 Å². The number of carbonyl (C=O) groups excluding carboxylic acids is 1. The molecule has 0 aliphatic carbocycles. The Morgan fingerprint density at radius 2 is 1.31 bits per heavy atom. The second-order valence-electron chi connectivity index (χ2n) is 11.0. The van der Waals surface area contributed by atoms with E-state index in [1.54, 1.807) is 6.08 Å². The van der Waals surface area contributed by atoms with Gasteiger partial charge in [0, 0.05) is 13.0 Å². The minimum Gasteiger partial charge on any atom is -0.387 e.